The highest BCUT2D eigenvalue weighted by Gasteiger charge is 2.70. The minimum absolute atomic E-state index is 0.0225. The Kier molecular flexibility index (Phi) is 16.2. The summed E-state index contributed by atoms with van der Waals surface area (Å²) in [6.07, 6.45) is -14.1. The first-order valence-corrected chi connectivity index (χ1v) is 25.7. The maximum atomic E-state index is 15.4. The van der Waals surface area contributed by atoms with Crippen molar-refractivity contribution in [1.82, 2.24) is 5.32 Å². The van der Waals surface area contributed by atoms with Crippen LogP contribution in [-0.2, 0) is 38.0 Å². The van der Waals surface area contributed by atoms with E-state index < -0.39 is 144 Å². The SMILES string of the molecule is CC(=O)N[C@H]1[C@@H](O[C@H]2[C@H](O[C@H]3CC[C@]4(C)C5=C(CC[C@H]4C3(C)C)[C@]3(C(=O)O[C@@H]4OC[C@H](O)[C@@H](O)[C@H]4O)CC[C@H]([C@@H](C)CC[C@@](C)(O)C(C)(C)C)[C@@]3(C)CC5)O[C@H](CO)[C@H](O)[C@@H]2O)O[C@H](CO)[C@H](O)[C@@H]1O. The van der Waals surface area contributed by atoms with E-state index in [4.69, 9.17) is 28.4 Å². The first kappa shape index (κ1) is 55.8. The highest BCUT2D eigenvalue weighted by Crippen LogP contribution is 2.73. The van der Waals surface area contributed by atoms with Gasteiger partial charge in [-0.25, -0.2) is 0 Å². The number of ether oxygens (including phenoxy) is 6. The summed E-state index contributed by atoms with van der Waals surface area (Å²) >= 11 is 0. The molecule has 7 aliphatic rings. The lowest BCUT2D eigenvalue weighted by molar-refractivity contribution is -0.367. The molecule has 19 nitrogen and oxygen atoms in total. The minimum Gasteiger partial charge on any atom is -0.432 e. The molecule has 3 saturated heterocycles. The fraction of sp³-hybridized carbons (Fsp3) is 0.922. The molecule has 0 unspecified atom stereocenters. The van der Waals surface area contributed by atoms with Crippen LogP contribution in [0.4, 0.5) is 0 Å². The number of hydrogen-bond acceptors (Lipinski definition) is 18. The summed E-state index contributed by atoms with van der Waals surface area (Å²) in [5, 5.41) is 110. The van der Waals surface area contributed by atoms with Crippen LogP contribution in [0.15, 0.2) is 11.1 Å². The molecule has 0 aromatic rings. The second-order valence-electron chi connectivity index (χ2n) is 24.4. The van der Waals surface area contributed by atoms with Crippen molar-refractivity contribution in [1.29, 1.82) is 0 Å². The van der Waals surface area contributed by atoms with Gasteiger partial charge in [0.1, 0.15) is 67.1 Å². The predicted molar refractivity (Wildman–Crippen MR) is 249 cm³/mol. The summed E-state index contributed by atoms with van der Waals surface area (Å²) in [5.74, 6) is -0.909. The molecule has 11 N–H and O–H groups in total. The Hall–Kier alpha value is -1.92. The maximum absolute atomic E-state index is 15.4. The fourth-order valence-corrected chi connectivity index (χ4v) is 14.3. The van der Waals surface area contributed by atoms with Crippen LogP contribution in [0.1, 0.15) is 133 Å². The molecular weight excluding hydrogens is 915 g/mol. The number of carbonyl (C=O) groups excluding carboxylic acids is 2. The molecule has 0 bridgehead atoms. The number of fused-ring (bicyclic) bond motifs is 4. The Morgan fingerprint density at radius 1 is 0.757 bits per heavy atom. The standard InChI is InChI=1S/C51H85NO18/c1-24(13-19-50(10,64)46(3,4)5)26-15-20-51(45(63)70-43-40(62)35(57)29(56)23-65-43)28-11-12-32-47(6,7)33(16-17-48(32,8)27(28)14-18-49(26,51)9)68-44-41(39(61)37(59)31(22-54)67-44)69-42-34(52-25(2)55)38(60)36(58)30(21-53)66-42/h24,26,29-44,53-54,56-62,64H,11-23H2,1-10H3,(H,52,55)/t24-,26+,29-,30+,31+,32-,33-,34+,35+,36-,37-,38+,39-,40+,41+,42+,43-,44-,48+,49+,50+,51-/m0/s1. The van der Waals surface area contributed by atoms with Crippen LogP contribution in [0.2, 0.25) is 0 Å². The van der Waals surface area contributed by atoms with E-state index in [1.165, 1.54) is 12.5 Å². The van der Waals surface area contributed by atoms with E-state index >= 15 is 4.79 Å². The molecule has 0 spiro atoms. The highest BCUT2D eigenvalue weighted by molar-refractivity contribution is 5.84. The number of carbonyl (C=O) groups is 2. The van der Waals surface area contributed by atoms with Gasteiger partial charge in [0.05, 0.1) is 36.9 Å². The first-order valence-electron chi connectivity index (χ1n) is 25.7. The van der Waals surface area contributed by atoms with Gasteiger partial charge in [-0.05, 0) is 111 Å². The Morgan fingerprint density at radius 3 is 2.00 bits per heavy atom. The van der Waals surface area contributed by atoms with Crippen molar-refractivity contribution in [2.24, 2.45) is 44.8 Å². The molecule has 5 fully saturated rings. The largest absolute Gasteiger partial charge is 0.432 e. The second kappa shape index (κ2) is 20.3. The second-order valence-corrected chi connectivity index (χ2v) is 24.4. The van der Waals surface area contributed by atoms with Gasteiger partial charge in [0.25, 0.3) is 0 Å². The third-order valence-electron chi connectivity index (χ3n) is 19.3. The third kappa shape index (κ3) is 9.45. The van der Waals surface area contributed by atoms with Crippen LogP contribution >= 0.6 is 0 Å². The zero-order chi connectivity index (χ0) is 51.8. The van der Waals surface area contributed by atoms with Gasteiger partial charge in [-0.3, -0.25) is 9.59 Å². The van der Waals surface area contributed by atoms with Crippen LogP contribution in [-0.4, -0.2) is 180 Å². The van der Waals surface area contributed by atoms with Gasteiger partial charge in [-0.15, -0.1) is 0 Å². The summed E-state index contributed by atoms with van der Waals surface area (Å²) in [5.41, 5.74) is -1.76. The molecule has 4 aliphatic carbocycles. The van der Waals surface area contributed by atoms with Crippen molar-refractivity contribution < 1.29 is 89.1 Å². The summed E-state index contributed by atoms with van der Waals surface area (Å²) in [4.78, 5) is 27.6. The molecule has 7 rings (SSSR count). The Labute approximate surface area is 412 Å². The molecule has 2 saturated carbocycles. The van der Waals surface area contributed by atoms with Crippen molar-refractivity contribution in [2.75, 3.05) is 19.8 Å². The third-order valence-corrected chi connectivity index (χ3v) is 19.3. The first-order chi connectivity index (χ1) is 32.5. The molecule has 0 radical (unpaired) electrons. The van der Waals surface area contributed by atoms with Gasteiger partial charge in [0.15, 0.2) is 12.6 Å². The summed E-state index contributed by atoms with van der Waals surface area (Å²) in [6.45, 7) is 18.4. The Balaban J connectivity index is 1.20. The molecule has 402 valence electrons. The molecule has 0 aromatic carbocycles. The van der Waals surface area contributed by atoms with Crippen molar-refractivity contribution in [3.05, 3.63) is 11.1 Å². The molecular formula is C51H85NO18. The molecule has 3 aliphatic heterocycles. The number of aliphatic hydroxyl groups is 10. The van der Waals surface area contributed by atoms with E-state index in [1.54, 1.807) is 0 Å². The Morgan fingerprint density at radius 2 is 1.39 bits per heavy atom. The highest BCUT2D eigenvalue weighted by atomic mass is 16.8. The smallest absolute Gasteiger partial charge is 0.319 e. The number of allylic oxidation sites excluding steroid dienone is 1. The van der Waals surface area contributed by atoms with Gasteiger partial charge in [-0.2, -0.15) is 0 Å². The number of esters is 1. The summed E-state index contributed by atoms with van der Waals surface area (Å²) in [7, 11) is 0. The number of nitrogens with one attached hydrogen (secondary N) is 1. The number of hydrogen-bond donors (Lipinski definition) is 11. The normalized spacial score (nSPS) is 46.5. The molecule has 1 amide bonds. The molecule has 0 aromatic heterocycles. The van der Waals surface area contributed by atoms with Crippen LogP contribution in [0.5, 0.6) is 0 Å². The molecule has 22 atom stereocenters. The quantitative estimate of drug-likeness (QED) is 0.0908. The van der Waals surface area contributed by atoms with Crippen molar-refractivity contribution in [2.45, 2.75) is 231 Å². The van der Waals surface area contributed by atoms with Crippen molar-refractivity contribution >= 4 is 11.9 Å². The van der Waals surface area contributed by atoms with Crippen LogP contribution in [0, 0.1) is 44.8 Å². The Bertz CT molecular complexity index is 1910. The predicted octanol–water partition coefficient (Wildman–Crippen LogP) is 1.06. The number of aliphatic hydroxyl groups excluding tert-OH is 9. The topological polar surface area (TPSA) is 304 Å². The fourth-order valence-electron chi connectivity index (χ4n) is 14.3. The van der Waals surface area contributed by atoms with E-state index in [0.29, 0.717) is 44.9 Å². The van der Waals surface area contributed by atoms with Gasteiger partial charge in [0, 0.05) is 6.92 Å². The van der Waals surface area contributed by atoms with E-state index in [9.17, 15) is 55.9 Å². The lowest BCUT2D eigenvalue weighted by atomic mass is 9.43. The lowest BCUT2D eigenvalue weighted by Crippen LogP contribution is -2.68. The van der Waals surface area contributed by atoms with Gasteiger partial charge in [-0.1, -0.05) is 66.5 Å². The summed E-state index contributed by atoms with van der Waals surface area (Å²) in [6, 6.07) is -1.37. The van der Waals surface area contributed by atoms with Gasteiger partial charge >= 0.3 is 5.97 Å². The molecule has 19 heteroatoms. The van der Waals surface area contributed by atoms with Crippen LogP contribution < -0.4 is 5.32 Å². The van der Waals surface area contributed by atoms with E-state index in [2.05, 4.69) is 39.9 Å². The van der Waals surface area contributed by atoms with Gasteiger partial charge in [0.2, 0.25) is 12.2 Å². The average molecular weight is 1000 g/mol. The van der Waals surface area contributed by atoms with E-state index in [0.717, 1.165) is 24.8 Å². The maximum Gasteiger partial charge on any atom is 0.319 e. The monoisotopic (exact) mass is 1000 g/mol. The number of amides is 1. The van der Waals surface area contributed by atoms with Crippen LogP contribution in [0.3, 0.4) is 0 Å². The zero-order valence-electron chi connectivity index (χ0n) is 42.8. The van der Waals surface area contributed by atoms with Crippen LogP contribution in [0.25, 0.3) is 0 Å². The number of rotatable bonds is 13. The van der Waals surface area contributed by atoms with Gasteiger partial charge < -0.3 is 84.8 Å². The average Bonchev–Trinajstić information content (AvgIpc) is 3.62. The summed E-state index contributed by atoms with van der Waals surface area (Å²) < 4.78 is 36.9. The van der Waals surface area contributed by atoms with Crippen molar-refractivity contribution in [3.8, 4) is 0 Å². The lowest BCUT2D eigenvalue weighted by Gasteiger charge is -2.62. The van der Waals surface area contributed by atoms with E-state index in [-0.39, 0.29) is 29.8 Å². The zero-order valence-corrected chi connectivity index (χ0v) is 42.8. The van der Waals surface area contributed by atoms with Crippen molar-refractivity contribution in [3.63, 3.8) is 0 Å². The molecule has 3 heterocycles. The molecule has 70 heavy (non-hydrogen) atoms. The minimum atomic E-state index is -1.72. The van der Waals surface area contributed by atoms with E-state index in [1.807, 2.05) is 27.7 Å².